The van der Waals surface area contributed by atoms with Crippen molar-refractivity contribution in [2.24, 2.45) is 0 Å². The third-order valence-corrected chi connectivity index (χ3v) is 3.12. The van der Waals surface area contributed by atoms with E-state index >= 15 is 0 Å². The van der Waals surface area contributed by atoms with Gasteiger partial charge in [0, 0.05) is 6.54 Å². The largest absolute Gasteiger partial charge is 0.480 e. The highest BCUT2D eigenvalue weighted by Crippen LogP contribution is 2.23. The molecule has 2 rings (SSSR count). The van der Waals surface area contributed by atoms with Gasteiger partial charge in [-0.05, 0) is 38.3 Å². The van der Waals surface area contributed by atoms with E-state index in [0.29, 0.717) is 13.0 Å². The number of carbonyl (C=O) groups is 2. The molecule has 1 aromatic carbocycles. The maximum absolute atomic E-state index is 11.8. The lowest BCUT2D eigenvalue weighted by atomic mass is 10.1. The van der Waals surface area contributed by atoms with Gasteiger partial charge in [-0.2, -0.15) is 0 Å². The molecule has 19 heavy (non-hydrogen) atoms. The third-order valence-electron chi connectivity index (χ3n) is 3.12. The van der Waals surface area contributed by atoms with E-state index in [1.54, 1.807) is 18.2 Å². The number of hydrogen-bond acceptors (Lipinski definition) is 3. The van der Waals surface area contributed by atoms with Gasteiger partial charge in [-0.25, -0.2) is 4.79 Å². The number of carboxylic acids is 1. The number of nitrogens with one attached hydrogen (secondary N) is 1. The zero-order valence-corrected chi connectivity index (χ0v) is 10.8. The van der Waals surface area contributed by atoms with E-state index in [1.165, 1.54) is 0 Å². The van der Waals surface area contributed by atoms with E-state index in [9.17, 15) is 9.59 Å². The van der Waals surface area contributed by atoms with E-state index in [1.807, 2.05) is 6.92 Å². The van der Waals surface area contributed by atoms with Crippen LogP contribution >= 0.6 is 0 Å². The van der Waals surface area contributed by atoms with Crippen LogP contribution in [0.5, 0.6) is 5.75 Å². The van der Waals surface area contributed by atoms with Crippen molar-refractivity contribution >= 4 is 11.9 Å². The summed E-state index contributed by atoms with van der Waals surface area (Å²) in [4.78, 5) is 23.0. The Kier molecular flexibility index (Phi) is 4.04. The standard InChI is InChI=1S/C14H17NO4/c1-9-5-6-11(10(8-9)14(17)18)19-12-4-2-3-7-15-13(12)16/h5-6,8,12H,2-4,7H2,1H3,(H,15,16)(H,17,18). The second-order valence-electron chi connectivity index (χ2n) is 4.70. The number of aromatic carboxylic acids is 1. The zero-order chi connectivity index (χ0) is 13.8. The minimum Gasteiger partial charge on any atom is -0.480 e. The average molecular weight is 263 g/mol. The molecule has 1 fully saturated rings. The molecule has 5 heteroatoms. The van der Waals surface area contributed by atoms with Gasteiger partial charge in [0.05, 0.1) is 0 Å². The van der Waals surface area contributed by atoms with E-state index in [2.05, 4.69) is 5.32 Å². The zero-order valence-electron chi connectivity index (χ0n) is 10.8. The molecular formula is C14H17NO4. The van der Waals surface area contributed by atoms with Crippen molar-refractivity contribution in [1.82, 2.24) is 5.32 Å². The maximum Gasteiger partial charge on any atom is 0.339 e. The highest BCUT2D eigenvalue weighted by atomic mass is 16.5. The molecule has 0 radical (unpaired) electrons. The van der Waals surface area contributed by atoms with Crippen LogP contribution in [0.25, 0.3) is 0 Å². The number of carbonyl (C=O) groups excluding carboxylic acids is 1. The lowest BCUT2D eigenvalue weighted by Crippen LogP contribution is -2.36. The van der Waals surface area contributed by atoms with Crippen molar-refractivity contribution < 1.29 is 19.4 Å². The van der Waals surface area contributed by atoms with Crippen LogP contribution in [0.1, 0.15) is 35.2 Å². The van der Waals surface area contributed by atoms with Gasteiger partial charge in [0.2, 0.25) is 0 Å². The summed E-state index contributed by atoms with van der Waals surface area (Å²) in [6.07, 6.45) is 1.81. The number of carboxylic acid groups (broad SMARTS) is 1. The van der Waals surface area contributed by atoms with Gasteiger partial charge >= 0.3 is 5.97 Å². The van der Waals surface area contributed by atoms with Crippen LogP contribution in [0.4, 0.5) is 0 Å². The molecule has 5 nitrogen and oxygen atoms in total. The number of hydrogen-bond donors (Lipinski definition) is 2. The van der Waals surface area contributed by atoms with Gasteiger partial charge in [-0.1, -0.05) is 11.6 Å². The molecule has 1 unspecified atom stereocenters. The van der Waals surface area contributed by atoms with Crippen LogP contribution in [0.3, 0.4) is 0 Å². The normalized spacial score (nSPS) is 19.4. The lowest BCUT2D eigenvalue weighted by Gasteiger charge is -2.17. The molecule has 1 aliphatic heterocycles. The number of amides is 1. The van der Waals surface area contributed by atoms with Crippen molar-refractivity contribution in [2.45, 2.75) is 32.3 Å². The molecule has 0 spiro atoms. The number of benzene rings is 1. The summed E-state index contributed by atoms with van der Waals surface area (Å²) in [6, 6.07) is 4.93. The van der Waals surface area contributed by atoms with Gasteiger partial charge in [-0.15, -0.1) is 0 Å². The Morgan fingerprint density at radius 2 is 2.21 bits per heavy atom. The summed E-state index contributed by atoms with van der Waals surface area (Å²) < 4.78 is 5.60. The summed E-state index contributed by atoms with van der Waals surface area (Å²) in [5.74, 6) is -0.970. The van der Waals surface area contributed by atoms with E-state index in [4.69, 9.17) is 9.84 Å². The van der Waals surface area contributed by atoms with Gasteiger partial charge in [-0.3, -0.25) is 4.79 Å². The fourth-order valence-electron chi connectivity index (χ4n) is 2.09. The van der Waals surface area contributed by atoms with E-state index in [0.717, 1.165) is 18.4 Å². The first kappa shape index (κ1) is 13.4. The monoisotopic (exact) mass is 263 g/mol. The molecule has 2 N–H and O–H groups in total. The Bertz CT molecular complexity index is 498. The number of aryl methyl sites for hydroxylation is 1. The Morgan fingerprint density at radius 1 is 1.42 bits per heavy atom. The Morgan fingerprint density at radius 3 is 2.95 bits per heavy atom. The van der Waals surface area contributed by atoms with Crippen LogP contribution in [-0.2, 0) is 4.79 Å². The number of ether oxygens (including phenoxy) is 1. The Hall–Kier alpha value is -2.04. The molecule has 0 saturated carbocycles. The van der Waals surface area contributed by atoms with Crippen LogP contribution in [0, 0.1) is 6.92 Å². The highest BCUT2D eigenvalue weighted by molar-refractivity contribution is 5.91. The molecule has 1 aromatic rings. The molecule has 1 amide bonds. The van der Waals surface area contributed by atoms with Crippen molar-refractivity contribution in [3.63, 3.8) is 0 Å². The van der Waals surface area contributed by atoms with Crippen molar-refractivity contribution in [2.75, 3.05) is 6.54 Å². The highest BCUT2D eigenvalue weighted by Gasteiger charge is 2.24. The van der Waals surface area contributed by atoms with Gasteiger partial charge in [0.15, 0.2) is 6.10 Å². The second kappa shape index (κ2) is 5.73. The van der Waals surface area contributed by atoms with E-state index in [-0.39, 0.29) is 17.2 Å². The molecule has 0 aliphatic carbocycles. The predicted molar refractivity (Wildman–Crippen MR) is 69.4 cm³/mol. The number of rotatable bonds is 3. The quantitative estimate of drug-likeness (QED) is 0.871. The van der Waals surface area contributed by atoms with Crippen LogP contribution in [-0.4, -0.2) is 29.6 Å². The topological polar surface area (TPSA) is 75.6 Å². The fourth-order valence-corrected chi connectivity index (χ4v) is 2.09. The molecule has 1 heterocycles. The Labute approximate surface area is 111 Å². The molecule has 102 valence electrons. The van der Waals surface area contributed by atoms with Crippen LogP contribution in [0.15, 0.2) is 18.2 Å². The average Bonchev–Trinajstić information content (AvgIpc) is 2.57. The van der Waals surface area contributed by atoms with Gasteiger partial charge in [0.1, 0.15) is 11.3 Å². The summed E-state index contributed by atoms with van der Waals surface area (Å²) in [7, 11) is 0. The first-order chi connectivity index (χ1) is 9.08. The molecule has 0 bridgehead atoms. The van der Waals surface area contributed by atoms with Crippen molar-refractivity contribution in [3.05, 3.63) is 29.3 Å². The molecule has 0 aromatic heterocycles. The summed E-state index contributed by atoms with van der Waals surface area (Å²) in [6.45, 7) is 2.47. The third kappa shape index (κ3) is 3.24. The first-order valence-electron chi connectivity index (χ1n) is 6.36. The van der Waals surface area contributed by atoms with Crippen molar-refractivity contribution in [1.29, 1.82) is 0 Å². The molecule has 1 atom stereocenters. The summed E-state index contributed by atoms with van der Waals surface area (Å²) in [5.41, 5.74) is 0.937. The van der Waals surface area contributed by atoms with Crippen molar-refractivity contribution in [3.8, 4) is 5.75 Å². The minimum absolute atomic E-state index is 0.0945. The summed E-state index contributed by atoms with van der Waals surface area (Å²) >= 11 is 0. The van der Waals surface area contributed by atoms with Gasteiger partial charge < -0.3 is 15.2 Å². The minimum atomic E-state index is -1.05. The predicted octanol–water partition coefficient (Wildman–Crippen LogP) is 1.74. The molecular weight excluding hydrogens is 246 g/mol. The SMILES string of the molecule is Cc1ccc(OC2CCCCNC2=O)c(C(=O)O)c1. The fraction of sp³-hybridized carbons (Fsp3) is 0.429. The van der Waals surface area contributed by atoms with E-state index < -0.39 is 12.1 Å². The smallest absolute Gasteiger partial charge is 0.339 e. The Balaban J connectivity index is 2.22. The lowest BCUT2D eigenvalue weighted by molar-refractivity contribution is -0.127. The van der Waals surface area contributed by atoms with Crippen LogP contribution in [0.2, 0.25) is 0 Å². The maximum atomic E-state index is 11.8. The summed E-state index contributed by atoms with van der Waals surface area (Å²) in [5, 5.41) is 11.9. The van der Waals surface area contributed by atoms with Crippen LogP contribution < -0.4 is 10.1 Å². The molecule has 1 saturated heterocycles. The molecule has 1 aliphatic rings. The second-order valence-corrected chi connectivity index (χ2v) is 4.70. The first-order valence-corrected chi connectivity index (χ1v) is 6.36. The van der Waals surface area contributed by atoms with Gasteiger partial charge in [0.25, 0.3) is 5.91 Å².